The SMILES string of the molecule is CN=C(NCc1ccc(C)cc1N(C)C)NCc1sc(C)nc1C. The highest BCUT2D eigenvalue weighted by molar-refractivity contribution is 7.11. The minimum atomic E-state index is 0.730. The molecule has 0 saturated carbocycles. The Labute approximate surface area is 148 Å². The highest BCUT2D eigenvalue weighted by Crippen LogP contribution is 2.20. The van der Waals surface area contributed by atoms with Gasteiger partial charge in [-0.1, -0.05) is 12.1 Å². The second kappa shape index (κ2) is 8.15. The summed E-state index contributed by atoms with van der Waals surface area (Å²) in [4.78, 5) is 12.2. The Hall–Kier alpha value is -2.08. The lowest BCUT2D eigenvalue weighted by Crippen LogP contribution is -2.36. The van der Waals surface area contributed by atoms with Crippen molar-refractivity contribution in [3.63, 3.8) is 0 Å². The maximum atomic E-state index is 4.46. The van der Waals surface area contributed by atoms with E-state index in [0.717, 1.165) is 29.8 Å². The molecule has 0 aliphatic heterocycles. The number of nitrogens with one attached hydrogen (secondary N) is 2. The van der Waals surface area contributed by atoms with Gasteiger partial charge in [0.1, 0.15) is 0 Å². The predicted octanol–water partition coefficient (Wildman–Crippen LogP) is 3.00. The number of hydrogen-bond acceptors (Lipinski definition) is 4. The summed E-state index contributed by atoms with van der Waals surface area (Å²) in [5.41, 5.74) is 4.83. The predicted molar refractivity (Wildman–Crippen MR) is 104 cm³/mol. The molecule has 0 aliphatic rings. The molecule has 24 heavy (non-hydrogen) atoms. The fourth-order valence-electron chi connectivity index (χ4n) is 2.54. The lowest BCUT2D eigenvalue weighted by molar-refractivity contribution is 0.809. The molecule has 1 aromatic heterocycles. The van der Waals surface area contributed by atoms with E-state index in [9.17, 15) is 0 Å². The van der Waals surface area contributed by atoms with Crippen molar-refractivity contribution < 1.29 is 0 Å². The Kier molecular flexibility index (Phi) is 6.20. The van der Waals surface area contributed by atoms with Gasteiger partial charge in [-0.25, -0.2) is 4.98 Å². The molecule has 0 amide bonds. The lowest BCUT2D eigenvalue weighted by Gasteiger charge is -2.19. The normalized spacial score (nSPS) is 11.5. The average molecular weight is 346 g/mol. The molecule has 0 radical (unpaired) electrons. The van der Waals surface area contributed by atoms with Crippen LogP contribution in [-0.4, -0.2) is 32.1 Å². The zero-order valence-corrected chi connectivity index (χ0v) is 16.2. The third-order valence-corrected chi connectivity index (χ3v) is 4.88. The maximum absolute atomic E-state index is 4.46. The first-order valence-electron chi connectivity index (χ1n) is 8.05. The monoisotopic (exact) mass is 345 g/mol. The summed E-state index contributed by atoms with van der Waals surface area (Å²) in [6.07, 6.45) is 0. The average Bonchev–Trinajstić information content (AvgIpc) is 2.86. The van der Waals surface area contributed by atoms with Crippen molar-refractivity contribution in [1.29, 1.82) is 0 Å². The van der Waals surface area contributed by atoms with Crippen LogP contribution in [0.2, 0.25) is 0 Å². The smallest absolute Gasteiger partial charge is 0.191 e. The topological polar surface area (TPSA) is 52.6 Å². The van der Waals surface area contributed by atoms with Crippen LogP contribution in [0.3, 0.4) is 0 Å². The van der Waals surface area contributed by atoms with Crippen LogP contribution in [0.5, 0.6) is 0 Å². The van der Waals surface area contributed by atoms with Crippen LogP contribution in [0.4, 0.5) is 5.69 Å². The zero-order valence-electron chi connectivity index (χ0n) is 15.4. The summed E-state index contributed by atoms with van der Waals surface area (Å²) < 4.78 is 0. The third kappa shape index (κ3) is 4.71. The van der Waals surface area contributed by atoms with Crippen LogP contribution in [-0.2, 0) is 13.1 Å². The number of aliphatic imine (C=N–C) groups is 1. The standard InChI is InChI=1S/C18H27N5S/c1-12-7-8-15(16(9-12)23(5)6)10-20-18(19-4)21-11-17-13(2)22-14(3)24-17/h7-9H,10-11H2,1-6H3,(H2,19,20,21). The molecule has 2 rings (SSSR count). The molecule has 0 aliphatic carbocycles. The van der Waals surface area contributed by atoms with Crippen LogP contribution in [0.25, 0.3) is 0 Å². The van der Waals surface area contributed by atoms with Gasteiger partial charge in [0, 0.05) is 38.3 Å². The number of aryl methyl sites for hydroxylation is 3. The van der Waals surface area contributed by atoms with Crippen LogP contribution in [0.15, 0.2) is 23.2 Å². The van der Waals surface area contributed by atoms with Gasteiger partial charge in [0.15, 0.2) is 5.96 Å². The van der Waals surface area contributed by atoms with Crippen molar-refractivity contribution >= 4 is 23.0 Å². The molecular formula is C18H27N5S. The van der Waals surface area contributed by atoms with Crippen molar-refractivity contribution in [2.75, 3.05) is 26.0 Å². The molecule has 0 bridgehead atoms. The fraction of sp³-hybridized carbons (Fsp3) is 0.444. The molecule has 2 N–H and O–H groups in total. The second-order valence-electron chi connectivity index (χ2n) is 6.05. The molecule has 6 heteroatoms. The van der Waals surface area contributed by atoms with E-state index in [1.807, 2.05) is 13.8 Å². The third-order valence-electron chi connectivity index (χ3n) is 3.81. The van der Waals surface area contributed by atoms with Gasteiger partial charge in [-0.2, -0.15) is 0 Å². The number of aromatic nitrogens is 1. The first-order valence-corrected chi connectivity index (χ1v) is 8.86. The van der Waals surface area contributed by atoms with E-state index in [0.29, 0.717) is 0 Å². The van der Waals surface area contributed by atoms with Crippen LogP contribution in [0, 0.1) is 20.8 Å². The molecular weight excluding hydrogens is 318 g/mol. The minimum Gasteiger partial charge on any atom is -0.377 e. The number of hydrogen-bond donors (Lipinski definition) is 2. The van der Waals surface area contributed by atoms with Crippen molar-refractivity contribution in [1.82, 2.24) is 15.6 Å². The summed E-state index contributed by atoms with van der Waals surface area (Å²) in [6, 6.07) is 6.52. The zero-order chi connectivity index (χ0) is 17.7. The van der Waals surface area contributed by atoms with E-state index in [1.54, 1.807) is 18.4 Å². The molecule has 130 valence electrons. The fourth-order valence-corrected chi connectivity index (χ4v) is 3.42. The molecule has 5 nitrogen and oxygen atoms in total. The van der Waals surface area contributed by atoms with Crippen LogP contribution >= 0.6 is 11.3 Å². The summed E-state index contributed by atoms with van der Waals surface area (Å²) in [5.74, 6) is 0.797. The van der Waals surface area contributed by atoms with Crippen molar-refractivity contribution in [3.8, 4) is 0 Å². The molecule has 0 saturated heterocycles. The number of nitrogens with zero attached hydrogens (tertiary/aromatic N) is 3. The van der Waals surface area contributed by atoms with E-state index in [4.69, 9.17) is 0 Å². The first kappa shape index (κ1) is 18.3. The summed E-state index contributed by atoms with van der Waals surface area (Å²) in [5, 5.41) is 7.86. The van der Waals surface area contributed by atoms with Crippen molar-refractivity contribution in [2.45, 2.75) is 33.9 Å². The van der Waals surface area contributed by atoms with E-state index >= 15 is 0 Å². The molecule has 0 fully saturated rings. The van der Waals surface area contributed by atoms with Gasteiger partial charge < -0.3 is 15.5 Å². The number of anilines is 1. The van der Waals surface area contributed by atoms with E-state index in [1.165, 1.54) is 21.7 Å². The van der Waals surface area contributed by atoms with Crippen LogP contribution < -0.4 is 15.5 Å². The summed E-state index contributed by atoms with van der Waals surface area (Å²) in [6.45, 7) is 7.67. The van der Waals surface area contributed by atoms with E-state index < -0.39 is 0 Å². The number of guanidine groups is 1. The Morgan fingerprint density at radius 1 is 1.17 bits per heavy atom. The largest absolute Gasteiger partial charge is 0.377 e. The Morgan fingerprint density at radius 3 is 2.46 bits per heavy atom. The first-order chi connectivity index (χ1) is 11.4. The second-order valence-corrected chi connectivity index (χ2v) is 7.34. The van der Waals surface area contributed by atoms with Gasteiger partial charge in [-0.15, -0.1) is 11.3 Å². The maximum Gasteiger partial charge on any atom is 0.191 e. The van der Waals surface area contributed by atoms with E-state index in [-0.39, 0.29) is 0 Å². The molecule has 0 unspecified atom stereocenters. The van der Waals surface area contributed by atoms with E-state index in [2.05, 4.69) is 64.7 Å². The van der Waals surface area contributed by atoms with Gasteiger partial charge in [0.2, 0.25) is 0 Å². The molecule has 2 aromatic rings. The van der Waals surface area contributed by atoms with Gasteiger partial charge in [-0.05, 0) is 38.0 Å². The molecule has 1 heterocycles. The Morgan fingerprint density at radius 2 is 1.88 bits per heavy atom. The molecule has 0 spiro atoms. The number of thiazole rings is 1. The van der Waals surface area contributed by atoms with Crippen molar-refractivity contribution in [3.05, 3.63) is 44.9 Å². The Balaban J connectivity index is 1.98. The molecule has 0 atom stereocenters. The highest BCUT2D eigenvalue weighted by atomic mass is 32.1. The number of benzene rings is 1. The Bertz CT molecular complexity index is 718. The van der Waals surface area contributed by atoms with Crippen molar-refractivity contribution in [2.24, 2.45) is 4.99 Å². The van der Waals surface area contributed by atoms with Gasteiger partial charge >= 0.3 is 0 Å². The summed E-state index contributed by atoms with van der Waals surface area (Å²) >= 11 is 1.73. The van der Waals surface area contributed by atoms with Gasteiger partial charge in [0.25, 0.3) is 0 Å². The minimum absolute atomic E-state index is 0.730. The number of rotatable bonds is 5. The van der Waals surface area contributed by atoms with Gasteiger partial charge in [-0.3, -0.25) is 4.99 Å². The quantitative estimate of drug-likeness (QED) is 0.646. The summed E-state index contributed by atoms with van der Waals surface area (Å²) in [7, 11) is 5.93. The van der Waals surface area contributed by atoms with Crippen LogP contribution in [0.1, 0.15) is 26.7 Å². The highest BCUT2D eigenvalue weighted by Gasteiger charge is 2.08. The van der Waals surface area contributed by atoms with Gasteiger partial charge in [0.05, 0.1) is 17.2 Å². The molecule has 1 aromatic carbocycles. The lowest BCUT2D eigenvalue weighted by atomic mass is 10.1.